The first-order chi connectivity index (χ1) is 10.1. The molecule has 116 valence electrons. The fraction of sp³-hybridized carbons (Fsp3) is 0.684. The maximum absolute atomic E-state index is 2.76. The van der Waals surface area contributed by atoms with Gasteiger partial charge in [-0.05, 0) is 50.8 Å². The van der Waals surface area contributed by atoms with Gasteiger partial charge < -0.3 is 4.90 Å². The van der Waals surface area contributed by atoms with Crippen molar-refractivity contribution in [2.75, 3.05) is 24.5 Å². The van der Waals surface area contributed by atoms with Crippen LogP contribution in [-0.2, 0) is 0 Å². The molecule has 1 aromatic rings. The van der Waals surface area contributed by atoms with Crippen LogP contribution in [0.1, 0.15) is 44.2 Å². The minimum absolute atomic E-state index is 0.653. The second-order valence-corrected chi connectivity index (χ2v) is 7.40. The average Bonchev–Trinajstić information content (AvgIpc) is 2.46. The van der Waals surface area contributed by atoms with Crippen LogP contribution in [0, 0.1) is 19.8 Å². The van der Waals surface area contributed by atoms with Gasteiger partial charge in [0.25, 0.3) is 0 Å². The summed E-state index contributed by atoms with van der Waals surface area (Å²) >= 11 is 0. The Labute approximate surface area is 130 Å². The number of benzene rings is 1. The number of hydrogen-bond acceptors (Lipinski definition) is 2. The predicted octanol–water partition coefficient (Wildman–Crippen LogP) is 4.00. The maximum Gasteiger partial charge on any atom is 0.0440 e. The Kier molecular flexibility index (Phi) is 4.26. The van der Waals surface area contributed by atoms with Crippen molar-refractivity contribution in [1.82, 2.24) is 4.90 Å². The molecule has 0 amide bonds. The van der Waals surface area contributed by atoms with Crippen molar-refractivity contribution in [2.45, 2.75) is 59.0 Å². The molecule has 2 aliphatic rings. The van der Waals surface area contributed by atoms with Gasteiger partial charge in [-0.25, -0.2) is 0 Å². The van der Waals surface area contributed by atoms with Gasteiger partial charge in [0, 0.05) is 30.9 Å². The molecule has 2 heteroatoms. The van der Waals surface area contributed by atoms with E-state index in [2.05, 4.69) is 55.7 Å². The molecule has 0 spiro atoms. The smallest absolute Gasteiger partial charge is 0.0440 e. The fourth-order valence-electron chi connectivity index (χ4n) is 4.18. The monoisotopic (exact) mass is 286 g/mol. The largest absolute Gasteiger partial charge is 0.365 e. The minimum Gasteiger partial charge on any atom is -0.365 e. The summed E-state index contributed by atoms with van der Waals surface area (Å²) in [5.41, 5.74) is 4.27. The minimum atomic E-state index is 0.653. The summed E-state index contributed by atoms with van der Waals surface area (Å²) in [5.74, 6) is 0.702. The van der Waals surface area contributed by atoms with Gasteiger partial charge in [0.05, 0.1) is 0 Å². The van der Waals surface area contributed by atoms with Gasteiger partial charge in [0.2, 0.25) is 0 Å². The third-order valence-corrected chi connectivity index (χ3v) is 5.41. The Morgan fingerprint density at radius 3 is 2.62 bits per heavy atom. The predicted molar refractivity (Wildman–Crippen MR) is 91.1 cm³/mol. The highest BCUT2D eigenvalue weighted by molar-refractivity contribution is 5.56. The highest BCUT2D eigenvalue weighted by Crippen LogP contribution is 2.32. The molecule has 0 aliphatic carbocycles. The summed E-state index contributed by atoms with van der Waals surface area (Å²) in [5, 5.41) is 0. The summed E-state index contributed by atoms with van der Waals surface area (Å²) in [4.78, 5) is 5.47. The maximum atomic E-state index is 2.76. The van der Waals surface area contributed by atoms with Gasteiger partial charge >= 0.3 is 0 Å². The summed E-state index contributed by atoms with van der Waals surface area (Å²) in [6.45, 7) is 13.0. The first kappa shape index (κ1) is 14.9. The number of fused-ring (bicyclic) bond motifs is 1. The molecule has 2 fully saturated rings. The normalized spacial score (nSPS) is 27.0. The molecule has 1 aromatic carbocycles. The Morgan fingerprint density at radius 2 is 1.90 bits per heavy atom. The number of rotatable bonds is 2. The fourth-order valence-corrected chi connectivity index (χ4v) is 4.18. The molecule has 21 heavy (non-hydrogen) atoms. The summed E-state index contributed by atoms with van der Waals surface area (Å²) in [7, 11) is 0. The van der Waals surface area contributed by atoms with Crippen LogP contribution >= 0.6 is 0 Å². The van der Waals surface area contributed by atoms with Crippen LogP contribution in [0.5, 0.6) is 0 Å². The molecule has 2 unspecified atom stereocenters. The van der Waals surface area contributed by atoms with E-state index in [1.54, 1.807) is 0 Å². The van der Waals surface area contributed by atoms with Crippen molar-refractivity contribution in [2.24, 2.45) is 5.92 Å². The van der Waals surface area contributed by atoms with E-state index >= 15 is 0 Å². The molecule has 2 aliphatic heterocycles. The molecule has 0 saturated carbocycles. The Balaban J connectivity index is 1.90. The topological polar surface area (TPSA) is 6.48 Å². The van der Waals surface area contributed by atoms with Gasteiger partial charge in [0.15, 0.2) is 0 Å². The molecule has 2 saturated heterocycles. The average molecular weight is 286 g/mol. The van der Waals surface area contributed by atoms with E-state index in [4.69, 9.17) is 0 Å². The Morgan fingerprint density at radius 1 is 1.10 bits per heavy atom. The molecule has 2 heterocycles. The van der Waals surface area contributed by atoms with Crippen molar-refractivity contribution in [3.05, 3.63) is 29.3 Å². The van der Waals surface area contributed by atoms with E-state index < -0.39 is 0 Å². The van der Waals surface area contributed by atoms with Crippen molar-refractivity contribution in [1.29, 1.82) is 0 Å². The van der Waals surface area contributed by atoms with E-state index in [0.717, 1.165) is 6.04 Å². The number of hydrogen-bond donors (Lipinski definition) is 0. The lowest BCUT2D eigenvalue weighted by Crippen LogP contribution is -2.61. The van der Waals surface area contributed by atoms with Crippen molar-refractivity contribution in [3.8, 4) is 0 Å². The molecule has 0 aromatic heterocycles. The standard InChI is InChI=1S/C19H30N2/c1-14(2)19-13-20-10-6-5-7-17(20)12-21(19)18-9-8-15(3)11-16(18)4/h8-9,11,14,17,19H,5-7,10,12-13H2,1-4H3. The van der Waals surface area contributed by atoms with Crippen LogP contribution in [0.25, 0.3) is 0 Å². The molecule has 2 atom stereocenters. The molecule has 0 radical (unpaired) electrons. The SMILES string of the molecule is Cc1ccc(N2CC3CCCCN3CC2C(C)C)c(C)c1. The number of piperazine rings is 1. The van der Waals surface area contributed by atoms with Gasteiger partial charge in [-0.15, -0.1) is 0 Å². The number of nitrogens with zero attached hydrogens (tertiary/aromatic N) is 2. The molecular weight excluding hydrogens is 256 g/mol. The van der Waals surface area contributed by atoms with Crippen LogP contribution < -0.4 is 4.90 Å². The molecular formula is C19H30N2. The zero-order valence-electron chi connectivity index (χ0n) is 14.1. The third kappa shape index (κ3) is 2.96. The zero-order valence-corrected chi connectivity index (χ0v) is 14.1. The lowest BCUT2D eigenvalue weighted by atomic mass is 9.91. The summed E-state index contributed by atoms with van der Waals surface area (Å²) < 4.78 is 0. The van der Waals surface area contributed by atoms with Gasteiger partial charge in [-0.2, -0.15) is 0 Å². The van der Waals surface area contributed by atoms with Crippen LogP contribution in [0.2, 0.25) is 0 Å². The Bertz CT molecular complexity index is 494. The van der Waals surface area contributed by atoms with Crippen LogP contribution in [0.4, 0.5) is 5.69 Å². The summed E-state index contributed by atoms with van der Waals surface area (Å²) in [6, 6.07) is 8.38. The lowest BCUT2D eigenvalue weighted by Gasteiger charge is -2.51. The van der Waals surface area contributed by atoms with E-state index in [1.807, 2.05) is 0 Å². The van der Waals surface area contributed by atoms with Gasteiger partial charge in [-0.3, -0.25) is 4.90 Å². The van der Waals surface area contributed by atoms with Gasteiger partial charge in [-0.1, -0.05) is 38.0 Å². The first-order valence-corrected chi connectivity index (χ1v) is 8.64. The van der Waals surface area contributed by atoms with Crippen LogP contribution in [-0.4, -0.2) is 36.6 Å². The Hall–Kier alpha value is -1.02. The highest BCUT2D eigenvalue weighted by Gasteiger charge is 2.36. The number of aryl methyl sites for hydroxylation is 2. The van der Waals surface area contributed by atoms with Crippen LogP contribution in [0.15, 0.2) is 18.2 Å². The number of piperidine rings is 1. The van der Waals surface area contributed by atoms with Crippen molar-refractivity contribution in [3.63, 3.8) is 0 Å². The first-order valence-electron chi connectivity index (χ1n) is 8.64. The zero-order chi connectivity index (χ0) is 15.0. The highest BCUT2D eigenvalue weighted by atomic mass is 15.3. The molecule has 2 nitrogen and oxygen atoms in total. The second kappa shape index (κ2) is 6.00. The lowest BCUT2D eigenvalue weighted by molar-refractivity contribution is 0.100. The molecule has 0 bridgehead atoms. The second-order valence-electron chi connectivity index (χ2n) is 7.40. The van der Waals surface area contributed by atoms with E-state index in [-0.39, 0.29) is 0 Å². The van der Waals surface area contributed by atoms with Crippen molar-refractivity contribution < 1.29 is 0 Å². The quantitative estimate of drug-likeness (QED) is 0.810. The number of anilines is 1. The summed E-state index contributed by atoms with van der Waals surface area (Å²) in [6.07, 6.45) is 4.19. The molecule has 0 N–H and O–H groups in total. The van der Waals surface area contributed by atoms with E-state index in [0.29, 0.717) is 12.0 Å². The van der Waals surface area contributed by atoms with E-state index in [1.165, 1.54) is 55.7 Å². The van der Waals surface area contributed by atoms with E-state index in [9.17, 15) is 0 Å². The molecule has 3 rings (SSSR count). The van der Waals surface area contributed by atoms with Crippen molar-refractivity contribution >= 4 is 5.69 Å². The van der Waals surface area contributed by atoms with Crippen LogP contribution in [0.3, 0.4) is 0 Å². The third-order valence-electron chi connectivity index (χ3n) is 5.41. The van der Waals surface area contributed by atoms with Gasteiger partial charge in [0.1, 0.15) is 0 Å².